The summed E-state index contributed by atoms with van der Waals surface area (Å²) < 4.78 is 0. The van der Waals surface area contributed by atoms with Gasteiger partial charge < -0.3 is 11.1 Å². The number of hydrogen-bond acceptors (Lipinski definition) is 2. The molecule has 0 aromatic rings. The highest BCUT2D eigenvalue weighted by molar-refractivity contribution is 4.88. The fraction of sp³-hybridized carbons (Fsp3) is 1.00. The molecule has 0 aliphatic heterocycles. The zero-order valence-electron chi connectivity index (χ0n) is 7.85. The molecular weight excluding hydrogens is 136 g/mol. The van der Waals surface area contributed by atoms with Crippen molar-refractivity contribution in [2.75, 3.05) is 13.1 Å². The highest BCUT2D eigenvalue weighted by Crippen LogP contribution is 2.37. The predicted octanol–water partition coefficient (Wildman–Crippen LogP) is 0.969. The fourth-order valence-electron chi connectivity index (χ4n) is 1.16. The molecule has 0 aromatic carbocycles. The smallest absolute Gasteiger partial charge is 0.0247 e. The van der Waals surface area contributed by atoms with Gasteiger partial charge in [0, 0.05) is 12.1 Å². The van der Waals surface area contributed by atoms with Crippen LogP contribution in [-0.2, 0) is 0 Å². The van der Waals surface area contributed by atoms with Gasteiger partial charge in [-0.1, -0.05) is 6.92 Å². The highest BCUT2D eigenvalue weighted by Gasteiger charge is 2.33. The summed E-state index contributed by atoms with van der Waals surface area (Å²) in [6.07, 6.45) is 1.40. The van der Waals surface area contributed by atoms with Crippen molar-refractivity contribution in [1.82, 2.24) is 5.32 Å². The number of rotatable bonds is 4. The van der Waals surface area contributed by atoms with Gasteiger partial charge in [-0.15, -0.1) is 0 Å². The van der Waals surface area contributed by atoms with Crippen LogP contribution in [0.1, 0.15) is 27.2 Å². The maximum Gasteiger partial charge on any atom is 0.0247 e. The van der Waals surface area contributed by atoms with Crippen molar-refractivity contribution in [1.29, 1.82) is 0 Å². The molecule has 1 fully saturated rings. The van der Waals surface area contributed by atoms with E-state index in [-0.39, 0.29) is 5.54 Å². The van der Waals surface area contributed by atoms with E-state index < -0.39 is 0 Å². The van der Waals surface area contributed by atoms with Crippen LogP contribution in [0.15, 0.2) is 0 Å². The molecule has 2 nitrogen and oxygen atoms in total. The standard InChI is InChI=1S/C9H20N2/c1-7-4-8(7)5-11-9(2,3)6-10/h7-8,11H,4-6,10H2,1-3H3. The molecule has 0 spiro atoms. The van der Waals surface area contributed by atoms with Crippen LogP contribution in [0.3, 0.4) is 0 Å². The van der Waals surface area contributed by atoms with E-state index in [1.807, 2.05) is 0 Å². The normalized spacial score (nSPS) is 30.5. The highest BCUT2D eigenvalue weighted by atomic mass is 15.0. The third-order valence-electron chi connectivity index (χ3n) is 2.63. The summed E-state index contributed by atoms with van der Waals surface area (Å²) in [6.45, 7) is 8.47. The lowest BCUT2D eigenvalue weighted by Gasteiger charge is -2.24. The molecule has 1 saturated carbocycles. The van der Waals surface area contributed by atoms with E-state index in [0.29, 0.717) is 6.54 Å². The van der Waals surface area contributed by atoms with E-state index in [1.54, 1.807) is 0 Å². The van der Waals surface area contributed by atoms with Crippen molar-refractivity contribution in [3.8, 4) is 0 Å². The maximum atomic E-state index is 5.59. The maximum absolute atomic E-state index is 5.59. The molecule has 2 unspecified atom stereocenters. The summed E-state index contributed by atoms with van der Waals surface area (Å²) >= 11 is 0. The van der Waals surface area contributed by atoms with Gasteiger partial charge in [-0.05, 0) is 38.6 Å². The molecular formula is C9H20N2. The minimum absolute atomic E-state index is 0.127. The Bertz CT molecular complexity index is 132. The first-order valence-corrected chi connectivity index (χ1v) is 4.50. The van der Waals surface area contributed by atoms with Crippen LogP contribution in [-0.4, -0.2) is 18.6 Å². The zero-order chi connectivity index (χ0) is 8.48. The Morgan fingerprint density at radius 3 is 2.45 bits per heavy atom. The second kappa shape index (κ2) is 3.11. The van der Waals surface area contributed by atoms with Crippen LogP contribution in [0.2, 0.25) is 0 Å². The van der Waals surface area contributed by atoms with Crippen molar-refractivity contribution in [2.24, 2.45) is 17.6 Å². The van der Waals surface area contributed by atoms with E-state index >= 15 is 0 Å². The fourth-order valence-corrected chi connectivity index (χ4v) is 1.16. The Balaban J connectivity index is 2.11. The third kappa shape index (κ3) is 2.80. The van der Waals surface area contributed by atoms with Gasteiger partial charge in [0.1, 0.15) is 0 Å². The lowest BCUT2D eigenvalue weighted by atomic mass is 10.1. The van der Waals surface area contributed by atoms with E-state index in [9.17, 15) is 0 Å². The minimum Gasteiger partial charge on any atom is -0.329 e. The van der Waals surface area contributed by atoms with E-state index in [4.69, 9.17) is 5.73 Å². The summed E-state index contributed by atoms with van der Waals surface area (Å²) in [7, 11) is 0. The quantitative estimate of drug-likeness (QED) is 0.636. The van der Waals surface area contributed by atoms with Crippen molar-refractivity contribution in [3.05, 3.63) is 0 Å². The van der Waals surface area contributed by atoms with Gasteiger partial charge in [0.25, 0.3) is 0 Å². The summed E-state index contributed by atoms with van der Waals surface area (Å²) in [6, 6.07) is 0. The van der Waals surface area contributed by atoms with Gasteiger partial charge in [-0.2, -0.15) is 0 Å². The largest absolute Gasteiger partial charge is 0.329 e. The minimum atomic E-state index is 0.127. The molecule has 11 heavy (non-hydrogen) atoms. The van der Waals surface area contributed by atoms with Gasteiger partial charge in [-0.3, -0.25) is 0 Å². The molecule has 1 rings (SSSR count). The molecule has 0 aromatic heterocycles. The molecule has 0 heterocycles. The van der Waals surface area contributed by atoms with Crippen molar-refractivity contribution in [2.45, 2.75) is 32.7 Å². The molecule has 2 atom stereocenters. The second-order valence-electron chi connectivity index (χ2n) is 4.44. The van der Waals surface area contributed by atoms with Crippen LogP contribution >= 0.6 is 0 Å². The monoisotopic (exact) mass is 156 g/mol. The Kier molecular flexibility index (Phi) is 2.55. The second-order valence-corrected chi connectivity index (χ2v) is 4.44. The van der Waals surface area contributed by atoms with E-state index in [0.717, 1.165) is 18.4 Å². The molecule has 0 amide bonds. The molecule has 0 saturated heterocycles. The predicted molar refractivity (Wildman–Crippen MR) is 48.4 cm³/mol. The Morgan fingerprint density at radius 1 is 1.55 bits per heavy atom. The van der Waals surface area contributed by atoms with Crippen LogP contribution in [0.5, 0.6) is 0 Å². The summed E-state index contributed by atoms with van der Waals surface area (Å²) in [5.41, 5.74) is 5.71. The average molecular weight is 156 g/mol. The molecule has 0 bridgehead atoms. The first-order chi connectivity index (χ1) is 5.05. The number of nitrogens with two attached hydrogens (primary N) is 1. The SMILES string of the molecule is CC1CC1CNC(C)(C)CN. The molecule has 2 heteroatoms. The summed E-state index contributed by atoms with van der Waals surface area (Å²) in [5, 5.41) is 3.48. The average Bonchev–Trinajstić information content (AvgIpc) is 2.63. The van der Waals surface area contributed by atoms with Crippen LogP contribution < -0.4 is 11.1 Å². The molecule has 0 radical (unpaired) electrons. The van der Waals surface area contributed by atoms with Crippen molar-refractivity contribution >= 4 is 0 Å². The van der Waals surface area contributed by atoms with Gasteiger partial charge in [-0.25, -0.2) is 0 Å². The van der Waals surface area contributed by atoms with Gasteiger partial charge in [0.05, 0.1) is 0 Å². The number of hydrogen-bond donors (Lipinski definition) is 2. The first kappa shape index (κ1) is 9.01. The van der Waals surface area contributed by atoms with Gasteiger partial charge >= 0.3 is 0 Å². The Hall–Kier alpha value is -0.0800. The molecule has 3 N–H and O–H groups in total. The Morgan fingerprint density at radius 2 is 2.09 bits per heavy atom. The topological polar surface area (TPSA) is 38.0 Å². The van der Waals surface area contributed by atoms with Crippen molar-refractivity contribution in [3.63, 3.8) is 0 Å². The lowest BCUT2D eigenvalue weighted by molar-refractivity contribution is 0.386. The summed E-state index contributed by atoms with van der Waals surface area (Å²) in [4.78, 5) is 0. The molecule has 1 aliphatic rings. The van der Waals surface area contributed by atoms with Crippen molar-refractivity contribution < 1.29 is 0 Å². The zero-order valence-corrected chi connectivity index (χ0v) is 7.85. The molecule has 1 aliphatic carbocycles. The van der Waals surface area contributed by atoms with Crippen LogP contribution in [0.25, 0.3) is 0 Å². The van der Waals surface area contributed by atoms with Gasteiger partial charge in [0.15, 0.2) is 0 Å². The lowest BCUT2D eigenvalue weighted by Crippen LogP contribution is -2.46. The van der Waals surface area contributed by atoms with Crippen LogP contribution in [0.4, 0.5) is 0 Å². The number of nitrogens with one attached hydrogen (secondary N) is 1. The van der Waals surface area contributed by atoms with E-state index in [1.165, 1.54) is 6.42 Å². The van der Waals surface area contributed by atoms with Gasteiger partial charge in [0.2, 0.25) is 0 Å². The van der Waals surface area contributed by atoms with E-state index in [2.05, 4.69) is 26.1 Å². The summed E-state index contributed by atoms with van der Waals surface area (Å²) in [5.74, 6) is 1.86. The molecule has 66 valence electrons. The third-order valence-corrected chi connectivity index (χ3v) is 2.63. The first-order valence-electron chi connectivity index (χ1n) is 4.50. The Labute approximate surface area is 69.5 Å². The van der Waals surface area contributed by atoms with Crippen LogP contribution in [0, 0.1) is 11.8 Å².